The molecule has 3 heterocycles. The van der Waals surface area contributed by atoms with E-state index in [0.29, 0.717) is 30.6 Å². The van der Waals surface area contributed by atoms with Crippen molar-refractivity contribution in [1.29, 1.82) is 0 Å². The zero-order chi connectivity index (χ0) is 15.9. The number of rotatable bonds is 8. The summed E-state index contributed by atoms with van der Waals surface area (Å²) in [6, 6.07) is 3.57. The van der Waals surface area contributed by atoms with E-state index >= 15 is 0 Å². The van der Waals surface area contributed by atoms with Crippen molar-refractivity contribution in [2.75, 3.05) is 52.5 Å². The summed E-state index contributed by atoms with van der Waals surface area (Å²) in [5.74, 6) is 1.55. The van der Waals surface area contributed by atoms with Gasteiger partial charge in [0.25, 0.3) is 0 Å². The van der Waals surface area contributed by atoms with Gasteiger partial charge in [-0.2, -0.15) is 4.98 Å². The summed E-state index contributed by atoms with van der Waals surface area (Å²) < 4.78 is 15.9. The molecule has 0 aromatic carbocycles. The van der Waals surface area contributed by atoms with E-state index in [4.69, 9.17) is 13.7 Å². The second kappa shape index (κ2) is 8.21. The maximum absolute atomic E-state index is 9.25. The Morgan fingerprint density at radius 2 is 2.13 bits per heavy atom. The predicted octanol–water partition coefficient (Wildman–Crippen LogP) is 0.456. The van der Waals surface area contributed by atoms with E-state index in [0.717, 1.165) is 39.4 Å². The van der Waals surface area contributed by atoms with Gasteiger partial charge in [-0.25, -0.2) is 0 Å². The zero-order valence-electron chi connectivity index (χ0n) is 13.1. The van der Waals surface area contributed by atoms with Gasteiger partial charge in [-0.05, 0) is 12.1 Å². The molecule has 2 aromatic heterocycles. The molecular weight excluding hydrogens is 300 g/mol. The normalized spacial score (nSPS) is 16.3. The van der Waals surface area contributed by atoms with Gasteiger partial charge in [0.1, 0.15) is 0 Å². The Morgan fingerprint density at radius 3 is 2.87 bits per heavy atom. The van der Waals surface area contributed by atoms with Crippen molar-refractivity contribution < 1.29 is 18.8 Å². The Morgan fingerprint density at radius 1 is 1.26 bits per heavy atom. The van der Waals surface area contributed by atoms with Crippen LogP contribution in [0.15, 0.2) is 27.3 Å². The summed E-state index contributed by atoms with van der Waals surface area (Å²) in [5.41, 5.74) is 0. The molecule has 1 aliphatic rings. The summed E-state index contributed by atoms with van der Waals surface area (Å²) in [6.45, 7) is 6.43. The first-order chi connectivity index (χ1) is 11.3. The molecule has 1 N–H and O–H groups in total. The SMILES string of the molecule is OCCN(CCN1CCOCC1)Cc1nc(-c2ccco2)no1. The number of morpholine rings is 1. The minimum Gasteiger partial charge on any atom is -0.461 e. The largest absolute Gasteiger partial charge is 0.461 e. The number of furan rings is 1. The molecular formula is C15H22N4O4. The minimum absolute atomic E-state index is 0.0995. The molecule has 8 nitrogen and oxygen atoms in total. The van der Waals surface area contributed by atoms with E-state index in [1.54, 1.807) is 18.4 Å². The first-order valence-electron chi connectivity index (χ1n) is 7.85. The fraction of sp³-hybridized carbons (Fsp3) is 0.600. The fourth-order valence-electron chi connectivity index (χ4n) is 2.54. The van der Waals surface area contributed by atoms with E-state index < -0.39 is 0 Å². The Labute approximate surface area is 134 Å². The maximum atomic E-state index is 9.25. The Balaban J connectivity index is 1.54. The lowest BCUT2D eigenvalue weighted by Gasteiger charge is -2.29. The molecule has 1 fully saturated rings. The average molecular weight is 322 g/mol. The highest BCUT2D eigenvalue weighted by molar-refractivity contribution is 5.44. The van der Waals surface area contributed by atoms with Gasteiger partial charge in [-0.1, -0.05) is 5.16 Å². The molecule has 0 unspecified atom stereocenters. The smallest absolute Gasteiger partial charge is 0.241 e. The van der Waals surface area contributed by atoms with Gasteiger partial charge in [0, 0.05) is 32.7 Å². The lowest BCUT2D eigenvalue weighted by Crippen LogP contribution is -2.41. The molecule has 0 aliphatic carbocycles. The molecule has 23 heavy (non-hydrogen) atoms. The van der Waals surface area contributed by atoms with Gasteiger partial charge < -0.3 is 18.8 Å². The molecule has 1 aliphatic heterocycles. The Hall–Kier alpha value is -1.74. The van der Waals surface area contributed by atoms with Crippen LogP contribution in [0.4, 0.5) is 0 Å². The summed E-state index contributed by atoms with van der Waals surface area (Å²) >= 11 is 0. The lowest BCUT2D eigenvalue weighted by atomic mass is 10.3. The van der Waals surface area contributed by atoms with Crippen molar-refractivity contribution in [3.05, 3.63) is 24.3 Å². The van der Waals surface area contributed by atoms with E-state index in [1.807, 2.05) is 0 Å². The summed E-state index contributed by atoms with van der Waals surface area (Å²) in [5, 5.41) is 13.2. The lowest BCUT2D eigenvalue weighted by molar-refractivity contribution is 0.0314. The van der Waals surface area contributed by atoms with Gasteiger partial charge in [-0.15, -0.1) is 0 Å². The third-order valence-electron chi connectivity index (χ3n) is 3.82. The predicted molar refractivity (Wildman–Crippen MR) is 81.6 cm³/mol. The molecule has 0 saturated carbocycles. The topological polar surface area (TPSA) is 88.0 Å². The molecule has 0 atom stereocenters. The number of aliphatic hydroxyl groups is 1. The number of aliphatic hydroxyl groups excluding tert-OH is 1. The minimum atomic E-state index is 0.0995. The van der Waals surface area contributed by atoms with Gasteiger partial charge in [0.2, 0.25) is 11.7 Å². The monoisotopic (exact) mass is 322 g/mol. The van der Waals surface area contributed by atoms with Gasteiger partial charge in [0.15, 0.2) is 5.76 Å². The van der Waals surface area contributed by atoms with E-state index in [2.05, 4.69) is 19.9 Å². The van der Waals surface area contributed by atoms with Crippen LogP contribution in [0.3, 0.4) is 0 Å². The molecule has 8 heteroatoms. The third kappa shape index (κ3) is 4.61. The quantitative estimate of drug-likeness (QED) is 0.750. The van der Waals surface area contributed by atoms with Crippen molar-refractivity contribution in [2.45, 2.75) is 6.54 Å². The van der Waals surface area contributed by atoms with Crippen LogP contribution < -0.4 is 0 Å². The molecule has 0 amide bonds. The molecule has 2 aromatic rings. The highest BCUT2D eigenvalue weighted by Crippen LogP contribution is 2.16. The van der Waals surface area contributed by atoms with Gasteiger partial charge in [0.05, 0.1) is 32.6 Å². The second-order valence-electron chi connectivity index (χ2n) is 5.44. The van der Waals surface area contributed by atoms with E-state index in [1.165, 1.54) is 0 Å². The number of ether oxygens (including phenoxy) is 1. The molecule has 1 saturated heterocycles. The van der Waals surface area contributed by atoms with Crippen LogP contribution >= 0.6 is 0 Å². The third-order valence-corrected chi connectivity index (χ3v) is 3.82. The highest BCUT2D eigenvalue weighted by Gasteiger charge is 2.16. The molecule has 0 spiro atoms. The first kappa shape index (κ1) is 16.1. The fourth-order valence-corrected chi connectivity index (χ4v) is 2.54. The van der Waals surface area contributed by atoms with Crippen LogP contribution in [0.25, 0.3) is 11.6 Å². The first-order valence-corrected chi connectivity index (χ1v) is 7.85. The molecule has 0 radical (unpaired) electrons. The van der Waals surface area contributed by atoms with Crippen LogP contribution in [-0.2, 0) is 11.3 Å². The van der Waals surface area contributed by atoms with Gasteiger partial charge in [-0.3, -0.25) is 9.80 Å². The number of hydrogen-bond acceptors (Lipinski definition) is 8. The standard InChI is InChI=1S/C15H22N4O4/c20-8-5-19(4-3-18-6-10-21-11-7-18)12-14-16-15(17-23-14)13-2-1-9-22-13/h1-2,9,20H,3-8,10-12H2. The van der Waals surface area contributed by atoms with Crippen LogP contribution in [-0.4, -0.2) is 77.6 Å². The number of hydrogen-bond donors (Lipinski definition) is 1. The number of nitrogens with zero attached hydrogens (tertiary/aromatic N) is 4. The van der Waals surface area contributed by atoms with Gasteiger partial charge >= 0.3 is 0 Å². The van der Waals surface area contributed by atoms with Crippen LogP contribution in [0.2, 0.25) is 0 Å². The van der Waals surface area contributed by atoms with Crippen LogP contribution in [0, 0.1) is 0 Å². The molecule has 0 bridgehead atoms. The van der Waals surface area contributed by atoms with Crippen molar-refractivity contribution in [3.63, 3.8) is 0 Å². The van der Waals surface area contributed by atoms with Crippen molar-refractivity contribution in [1.82, 2.24) is 19.9 Å². The Kier molecular flexibility index (Phi) is 5.76. The van der Waals surface area contributed by atoms with Crippen molar-refractivity contribution >= 4 is 0 Å². The summed E-state index contributed by atoms with van der Waals surface area (Å²) in [6.07, 6.45) is 1.58. The van der Waals surface area contributed by atoms with Crippen LogP contribution in [0.5, 0.6) is 0 Å². The Bertz CT molecular complexity index is 566. The zero-order valence-corrected chi connectivity index (χ0v) is 13.1. The summed E-state index contributed by atoms with van der Waals surface area (Å²) in [7, 11) is 0. The van der Waals surface area contributed by atoms with E-state index in [-0.39, 0.29) is 6.61 Å². The summed E-state index contributed by atoms with van der Waals surface area (Å²) in [4.78, 5) is 8.80. The molecule has 3 rings (SSSR count). The average Bonchev–Trinajstić information content (AvgIpc) is 3.25. The maximum Gasteiger partial charge on any atom is 0.241 e. The molecule has 126 valence electrons. The number of aromatic nitrogens is 2. The van der Waals surface area contributed by atoms with Crippen molar-refractivity contribution in [2.24, 2.45) is 0 Å². The van der Waals surface area contributed by atoms with Crippen LogP contribution in [0.1, 0.15) is 5.89 Å². The van der Waals surface area contributed by atoms with Crippen molar-refractivity contribution in [3.8, 4) is 11.6 Å². The highest BCUT2D eigenvalue weighted by atomic mass is 16.5. The van der Waals surface area contributed by atoms with E-state index in [9.17, 15) is 5.11 Å². The second-order valence-corrected chi connectivity index (χ2v) is 5.44.